The molecule has 5 nitrogen and oxygen atoms in total. The van der Waals surface area contributed by atoms with Crippen molar-refractivity contribution in [1.82, 2.24) is 20.2 Å². The number of benzene rings is 1. The van der Waals surface area contributed by atoms with Crippen LogP contribution in [0.5, 0.6) is 0 Å². The normalized spacial score (nSPS) is 14.3. The smallest absolute Gasteiger partial charge is 0.184 e. The molecule has 0 aliphatic carbocycles. The maximum absolute atomic E-state index is 4.68. The van der Waals surface area contributed by atoms with Crippen molar-refractivity contribution >= 4 is 17.0 Å². The Morgan fingerprint density at radius 1 is 1.20 bits per heavy atom. The molecule has 6 heteroatoms. The van der Waals surface area contributed by atoms with Crippen molar-refractivity contribution in [2.24, 2.45) is 0 Å². The highest BCUT2D eigenvalue weighted by Gasteiger charge is 2.22. The van der Waals surface area contributed by atoms with Gasteiger partial charge in [-0.1, -0.05) is 18.2 Å². The lowest BCUT2D eigenvalue weighted by molar-refractivity contribution is 0.729. The first-order valence-electron chi connectivity index (χ1n) is 6.54. The molecule has 3 aromatic rings. The molecule has 0 spiro atoms. The number of nitrogens with zero attached hydrogens (tertiary/aromatic N) is 4. The van der Waals surface area contributed by atoms with Crippen LogP contribution in [-0.2, 0) is 13.0 Å². The predicted octanol–water partition coefficient (Wildman–Crippen LogP) is 2.49. The first-order chi connectivity index (χ1) is 9.90. The van der Waals surface area contributed by atoms with Gasteiger partial charge in [0.15, 0.2) is 10.8 Å². The third-order valence-corrected chi connectivity index (χ3v) is 4.56. The molecule has 0 radical (unpaired) electrons. The van der Waals surface area contributed by atoms with Gasteiger partial charge in [-0.25, -0.2) is 9.97 Å². The first kappa shape index (κ1) is 11.6. The highest BCUT2D eigenvalue weighted by molar-refractivity contribution is 7.15. The summed E-state index contributed by atoms with van der Waals surface area (Å²) in [5, 5.41) is 7.70. The summed E-state index contributed by atoms with van der Waals surface area (Å²) < 4.78 is 0. The lowest BCUT2D eigenvalue weighted by Gasteiger charge is -2.28. The third kappa shape index (κ3) is 1.98. The van der Waals surface area contributed by atoms with Gasteiger partial charge in [0.2, 0.25) is 0 Å². The SMILES string of the molecule is c1ccc(N2CCc3nc(-c4ncn[nH]4)sc3C2)cc1. The zero-order valence-electron chi connectivity index (χ0n) is 10.8. The number of hydrogen-bond donors (Lipinski definition) is 1. The van der Waals surface area contributed by atoms with Gasteiger partial charge in [-0.2, -0.15) is 5.10 Å². The van der Waals surface area contributed by atoms with E-state index in [2.05, 4.69) is 49.3 Å². The van der Waals surface area contributed by atoms with E-state index < -0.39 is 0 Å². The van der Waals surface area contributed by atoms with E-state index in [-0.39, 0.29) is 0 Å². The zero-order valence-corrected chi connectivity index (χ0v) is 11.6. The summed E-state index contributed by atoms with van der Waals surface area (Å²) >= 11 is 1.70. The number of para-hydroxylation sites is 1. The van der Waals surface area contributed by atoms with Crippen LogP contribution in [-0.4, -0.2) is 26.7 Å². The predicted molar refractivity (Wildman–Crippen MR) is 78.7 cm³/mol. The molecule has 0 bridgehead atoms. The number of aromatic nitrogens is 4. The fourth-order valence-corrected chi connectivity index (χ4v) is 3.53. The van der Waals surface area contributed by atoms with Crippen molar-refractivity contribution in [3.63, 3.8) is 0 Å². The van der Waals surface area contributed by atoms with E-state index in [1.54, 1.807) is 11.3 Å². The first-order valence-corrected chi connectivity index (χ1v) is 7.36. The Labute approximate surface area is 120 Å². The van der Waals surface area contributed by atoms with Gasteiger partial charge in [0.05, 0.1) is 12.2 Å². The Hall–Kier alpha value is -2.21. The second kappa shape index (κ2) is 4.72. The van der Waals surface area contributed by atoms with Gasteiger partial charge in [0.25, 0.3) is 0 Å². The van der Waals surface area contributed by atoms with Crippen LogP contribution >= 0.6 is 11.3 Å². The topological polar surface area (TPSA) is 57.7 Å². The average molecular weight is 283 g/mol. The minimum atomic E-state index is 0.760. The number of H-pyrrole nitrogens is 1. The molecule has 1 aromatic carbocycles. The summed E-state index contributed by atoms with van der Waals surface area (Å²) in [6.07, 6.45) is 2.50. The van der Waals surface area contributed by atoms with Crippen molar-refractivity contribution < 1.29 is 0 Å². The lowest BCUT2D eigenvalue weighted by atomic mass is 10.1. The minimum absolute atomic E-state index is 0.760. The van der Waals surface area contributed by atoms with E-state index >= 15 is 0 Å². The quantitative estimate of drug-likeness (QED) is 0.785. The molecule has 4 rings (SSSR count). The number of hydrogen-bond acceptors (Lipinski definition) is 5. The molecule has 20 heavy (non-hydrogen) atoms. The van der Waals surface area contributed by atoms with E-state index in [1.165, 1.54) is 22.6 Å². The van der Waals surface area contributed by atoms with Crippen LogP contribution < -0.4 is 4.90 Å². The van der Waals surface area contributed by atoms with Gasteiger partial charge >= 0.3 is 0 Å². The molecule has 0 saturated heterocycles. The van der Waals surface area contributed by atoms with Crippen molar-refractivity contribution in [3.8, 4) is 10.8 Å². The van der Waals surface area contributed by atoms with Crippen LogP contribution in [0.4, 0.5) is 5.69 Å². The van der Waals surface area contributed by atoms with Crippen LogP contribution in [0, 0.1) is 0 Å². The van der Waals surface area contributed by atoms with Crippen molar-refractivity contribution in [2.45, 2.75) is 13.0 Å². The molecule has 1 aliphatic rings. The zero-order chi connectivity index (χ0) is 13.4. The van der Waals surface area contributed by atoms with Gasteiger partial charge in [0.1, 0.15) is 6.33 Å². The highest BCUT2D eigenvalue weighted by atomic mass is 32.1. The molecule has 1 N–H and O–H groups in total. The monoisotopic (exact) mass is 283 g/mol. The number of anilines is 1. The molecule has 0 fully saturated rings. The maximum Gasteiger partial charge on any atom is 0.184 e. The molecule has 3 heterocycles. The van der Waals surface area contributed by atoms with Crippen LogP contribution in [0.1, 0.15) is 10.6 Å². The lowest BCUT2D eigenvalue weighted by Crippen LogP contribution is -2.29. The summed E-state index contributed by atoms with van der Waals surface area (Å²) in [5.74, 6) is 0.760. The molecule has 0 amide bonds. The second-order valence-electron chi connectivity index (χ2n) is 4.73. The van der Waals surface area contributed by atoms with E-state index in [9.17, 15) is 0 Å². The molecule has 1 aliphatic heterocycles. The Kier molecular flexibility index (Phi) is 2.74. The van der Waals surface area contributed by atoms with Gasteiger partial charge in [-0.05, 0) is 12.1 Å². The number of rotatable bonds is 2. The summed E-state index contributed by atoms with van der Waals surface area (Å²) in [6.45, 7) is 1.93. The van der Waals surface area contributed by atoms with Gasteiger partial charge in [0, 0.05) is 23.5 Å². The number of nitrogens with one attached hydrogen (secondary N) is 1. The van der Waals surface area contributed by atoms with E-state index in [1.807, 2.05) is 6.07 Å². The molecule has 100 valence electrons. The number of aromatic amines is 1. The molecular weight excluding hydrogens is 270 g/mol. The average Bonchev–Trinajstić information content (AvgIpc) is 3.16. The van der Waals surface area contributed by atoms with Crippen LogP contribution in [0.2, 0.25) is 0 Å². The number of fused-ring (bicyclic) bond motifs is 1. The molecule has 0 atom stereocenters. The third-order valence-electron chi connectivity index (χ3n) is 3.47. The Morgan fingerprint density at radius 2 is 2.10 bits per heavy atom. The van der Waals surface area contributed by atoms with Crippen LogP contribution in [0.3, 0.4) is 0 Å². The summed E-state index contributed by atoms with van der Waals surface area (Å²) in [5.41, 5.74) is 2.47. The minimum Gasteiger partial charge on any atom is -0.366 e. The summed E-state index contributed by atoms with van der Waals surface area (Å²) in [7, 11) is 0. The molecule has 2 aromatic heterocycles. The summed E-state index contributed by atoms with van der Waals surface area (Å²) in [6, 6.07) is 10.5. The Bertz CT molecular complexity index is 705. The van der Waals surface area contributed by atoms with E-state index in [0.717, 1.165) is 30.3 Å². The molecule has 0 unspecified atom stereocenters. The van der Waals surface area contributed by atoms with Crippen molar-refractivity contribution in [1.29, 1.82) is 0 Å². The van der Waals surface area contributed by atoms with E-state index in [0.29, 0.717) is 0 Å². The van der Waals surface area contributed by atoms with Gasteiger partial charge < -0.3 is 4.90 Å². The Balaban J connectivity index is 1.63. The molecule has 0 saturated carbocycles. The fourth-order valence-electron chi connectivity index (χ4n) is 2.46. The van der Waals surface area contributed by atoms with Crippen molar-refractivity contribution in [3.05, 3.63) is 47.2 Å². The van der Waals surface area contributed by atoms with Crippen LogP contribution in [0.15, 0.2) is 36.7 Å². The van der Waals surface area contributed by atoms with E-state index in [4.69, 9.17) is 0 Å². The van der Waals surface area contributed by atoms with Crippen molar-refractivity contribution in [2.75, 3.05) is 11.4 Å². The fraction of sp³-hybridized carbons (Fsp3) is 0.214. The number of thiazole rings is 1. The maximum atomic E-state index is 4.68. The molecular formula is C14H13N5S. The van der Waals surface area contributed by atoms with Gasteiger partial charge in [-0.15, -0.1) is 11.3 Å². The summed E-state index contributed by atoms with van der Waals surface area (Å²) in [4.78, 5) is 12.6. The largest absolute Gasteiger partial charge is 0.366 e. The van der Waals surface area contributed by atoms with Gasteiger partial charge in [-0.3, -0.25) is 5.10 Å². The van der Waals surface area contributed by atoms with Crippen LogP contribution in [0.25, 0.3) is 10.8 Å². The highest BCUT2D eigenvalue weighted by Crippen LogP contribution is 2.31. The second-order valence-corrected chi connectivity index (χ2v) is 5.81. The standard InChI is InChI=1S/C14H13N5S/c1-2-4-10(5-3-1)19-7-6-11-12(8-19)20-14(17-11)13-15-9-16-18-13/h1-5,9H,6-8H2,(H,15,16,18). The Morgan fingerprint density at radius 3 is 2.90 bits per heavy atom.